The number of aryl methyl sites for hydroxylation is 1. The fourth-order valence-corrected chi connectivity index (χ4v) is 4.92. The number of aromatic nitrogens is 5. The van der Waals surface area contributed by atoms with Gasteiger partial charge in [-0.05, 0) is 90.9 Å². The first-order chi connectivity index (χ1) is 18.7. The molecule has 0 spiro atoms. The molecule has 1 unspecified atom stereocenters. The van der Waals surface area contributed by atoms with Crippen molar-refractivity contribution in [2.24, 2.45) is 0 Å². The highest BCUT2D eigenvalue weighted by molar-refractivity contribution is 5.79. The molecule has 0 radical (unpaired) electrons. The van der Waals surface area contributed by atoms with Gasteiger partial charge in [0.15, 0.2) is 5.82 Å². The molecule has 0 aliphatic heterocycles. The third-order valence-corrected chi connectivity index (χ3v) is 6.89. The van der Waals surface area contributed by atoms with E-state index in [1.165, 1.54) is 17.7 Å². The molecule has 1 atom stereocenters. The number of rotatable bonds is 8. The van der Waals surface area contributed by atoms with Crippen molar-refractivity contribution in [3.63, 3.8) is 0 Å². The third-order valence-electron chi connectivity index (χ3n) is 6.89. The van der Waals surface area contributed by atoms with E-state index >= 15 is 0 Å². The number of nitrogens with one attached hydrogen (secondary N) is 1. The Hall–Kier alpha value is -4.17. The zero-order valence-electron chi connectivity index (χ0n) is 22.7. The number of aromatic amines is 1. The summed E-state index contributed by atoms with van der Waals surface area (Å²) in [7, 11) is 0. The molecule has 0 aliphatic rings. The molecule has 0 amide bonds. The molecule has 0 saturated carbocycles. The van der Waals surface area contributed by atoms with Crippen molar-refractivity contribution < 1.29 is 4.39 Å². The molecule has 5 rings (SSSR count). The second-order valence-corrected chi connectivity index (χ2v) is 11.0. The van der Waals surface area contributed by atoms with Crippen LogP contribution in [0.15, 0.2) is 83.7 Å². The van der Waals surface area contributed by atoms with E-state index < -0.39 is 11.6 Å². The van der Waals surface area contributed by atoms with Crippen LogP contribution < -0.4 is 5.56 Å². The predicted octanol–water partition coefficient (Wildman–Crippen LogP) is 5.55. The van der Waals surface area contributed by atoms with Crippen LogP contribution in [0, 0.1) is 12.7 Å². The van der Waals surface area contributed by atoms with Gasteiger partial charge in [0, 0.05) is 24.2 Å². The van der Waals surface area contributed by atoms with Crippen LogP contribution in [0.25, 0.3) is 10.9 Å². The lowest BCUT2D eigenvalue weighted by molar-refractivity contribution is 0.195. The molecule has 2 aromatic heterocycles. The summed E-state index contributed by atoms with van der Waals surface area (Å²) in [5, 5.41) is 13.8. The van der Waals surface area contributed by atoms with Crippen LogP contribution in [0.1, 0.15) is 54.9 Å². The van der Waals surface area contributed by atoms with Crippen molar-refractivity contribution >= 4 is 10.9 Å². The number of hydrogen-bond acceptors (Lipinski definition) is 5. The lowest BCUT2D eigenvalue weighted by Gasteiger charge is -2.33. The van der Waals surface area contributed by atoms with Crippen molar-refractivity contribution in [2.75, 3.05) is 6.54 Å². The summed E-state index contributed by atoms with van der Waals surface area (Å²) in [5.74, 6) is 0.290. The Balaban J connectivity index is 1.68. The van der Waals surface area contributed by atoms with E-state index in [1.54, 1.807) is 16.8 Å². The molecule has 0 saturated heterocycles. The number of tetrazole rings is 1. The Morgan fingerprint density at radius 1 is 0.974 bits per heavy atom. The van der Waals surface area contributed by atoms with E-state index in [9.17, 15) is 9.18 Å². The van der Waals surface area contributed by atoms with Gasteiger partial charge < -0.3 is 4.98 Å². The maximum atomic E-state index is 13.8. The second kappa shape index (κ2) is 10.9. The first-order valence-electron chi connectivity index (χ1n) is 13.1. The molecule has 0 aliphatic carbocycles. The highest BCUT2D eigenvalue weighted by atomic mass is 19.1. The lowest BCUT2D eigenvalue weighted by atomic mass is 9.99. The van der Waals surface area contributed by atoms with Crippen molar-refractivity contribution in [3.8, 4) is 0 Å². The maximum Gasteiger partial charge on any atom is 0.253 e. The van der Waals surface area contributed by atoms with Gasteiger partial charge >= 0.3 is 0 Å². The van der Waals surface area contributed by atoms with Gasteiger partial charge in [-0.15, -0.1) is 5.10 Å². The minimum absolute atomic E-state index is 0.189. The van der Waals surface area contributed by atoms with E-state index in [0.29, 0.717) is 24.5 Å². The molecule has 0 bridgehead atoms. The first-order valence-corrected chi connectivity index (χ1v) is 13.1. The van der Waals surface area contributed by atoms with Gasteiger partial charge in [-0.2, -0.15) is 0 Å². The molecule has 1 N–H and O–H groups in total. The van der Waals surface area contributed by atoms with Crippen molar-refractivity contribution in [3.05, 3.63) is 123 Å². The summed E-state index contributed by atoms with van der Waals surface area (Å²) >= 11 is 0. The first kappa shape index (κ1) is 26.4. The smallest absolute Gasteiger partial charge is 0.253 e. The van der Waals surface area contributed by atoms with E-state index in [0.717, 1.165) is 28.5 Å². The molecule has 3 aromatic carbocycles. The normalized spacial score (nSPS) is 12.8. The van der Waals surface area contributed by atoms with Crippen LogP contribution in [-0.4, -0.2) is 36.6 Å². The number of hydrogen-bond donors (Lipinski definition) is 1. The summed E-state index contributed by atoms with van der Waals surface area (Å²) in [6, 6.07) is 24.1. The van der Waals surface area contributed by atoms with E-state index in [-0.39, 0.29) is 11.4 Å². The molecule has 5 aromatic rings. The van der Waals surface area contributed by atoms with Crippen molar-refractivity contribution in [1.29, 1.82) is 0 Å². The van der Waals surface area contributed by atoms with Crippen molar-refractivity contribution in [2.45, 2.75) is 52.2 Å². The molecule has 2 heterocycles. The maximum absolute atomic E-state index is 13.8. The standard InChI is InChI=1S/C31H33FN6O/c1-21-10-13-24-19-26(30(39)33-27(24)18-21)28(29-34-35-36-38(29)31(2,3)4)37(17-16-22-8-6-5-7-9-22)20-23-11-14-25(32)15-12-23/h5-15,18-19,28H,16-17,20H2,1-4H3,(H,33,39). The molecular formula is C31H33FN6O. The number of halogens is 1. The highest BCUT2D eigenvalue weighted by Gasteiger charge is 2.33. The van der Waals surface area contributed by atoms with Crippen LogP contribution in [0.2, 0.25) is 0 Å². The average molecular weight is 525 g/mol. The van der Waals surface area contributed by atoms with Crippen LogP contribution in [0.4, 0.5) is 4.39 Å². The molecular weight excluding hydrogens is 491 g/mol. The minimum Gasteiger partial charge on any atom is -0.322 e. The Kier molecular flexibility index (Phi) is 7.39. The topological polar surface area (TPSA) is 79.7 Å². The van der Waals surface area contributed by atoms with E-state index in [1.807, 2.05) is 70.2 Å². The number of benzene rings is 3. The number of nitrogens with zero attached hydrogens (tertiary/aromatic N) is 5. The number of pyridine rings is 1. The van der Waals surface area contributed by atoms with Gasteiger partial charge in [0.05, 0.1) is 5.54 Å². The quantitative estimate of drug-likeness (QED) is 0.288. The van der Waals surface area contributed by atoms with Gasteiger partial charge in [0.2, 0.25) is 0 Å². The number of fused-ring (bicyclic) bond motifs is 1. The second-order valence-electron chi connectivity index (χ2n) is 11.0. The van der Waals surface area contributed by atoms with E-state index in [2.05, 4.69) is 37.5 Å². The van der Waals surface area contributed by atoms with E-state index in [4.69, 9.17) is 0 Å². The van der Waals surface area contributed by atoms with Crippen LogP contribution >= 0.6 is 0 Å². The Morgan fingerprint density at radius 2 is 1.72 bits per heavy atom. The van der Waals surface area contributed by atoms with Gasteiger partial charge in [-0.1, -0.05) is 54.6 Å². The summed E-state index contributed by atoms with van der Waals surface area (Å²) in [4.78, 5) is 19.0. The van der Waals surface area contributed by atoms with Gasteiger partial charge in [0.25, 0.3) is 5.56 Å². The molecule has 8 heteroatoms. The molecule has 39 heavy (non-hydrogen) atoms. The zero-order valence-corrected chi connectivity index (χ0v) is 22.7. The summed E-state index contributed by atoms with van der Waals surface area (Å²) in [6.07, 6.45) is 0.750. The summed E-state index contributed by atoms with van der Waals surface area (Å²) in [5.41, 5.74) is 3.91. The monoisotopic (exact) mass is 524 g/mol. The highest BCUT2D eigenvalue weighted by Crippen LogP contribution is 2.31. The van der Waals surface area contributed by atoms with Gasteiger partial charge in [0.1, 0.15) is 11.9 Å². The summed E-state index contributed by atoms with van der Waals surface area (Å²) in [6.45, 7) is 9.19. The molecule has 7 nitrogen and oxygen atoms in total. The SMILES string of the molecule is Cc1ccc2cc(C(c3nnnn3C(C)(C)C)N(CCc3ccccc3)Cc3ccc(F)cc3)c(=O)[nH]c2c1. The van der Waals surface area contributed by atoms with Gasteiger partial charge in [-0.25, -0.2) is 9.07 Å². The van der Waals surface area contributed by atoms with Crippen LogP contribution in [0.5, 0.6) is 0 Å². The zero-order chi connectivity index (χ0) is 27.6. The number of H-pyrrole nitrogens is 1. The predicted molar refractivity (Wildman–Crippen MR) is 151 cm³/mol. The van der Waals surface area contributed by atoms with Crippen LogP contribution in [-0.2, 0) is 18.5 Å². The minimum atomic E-state index is -0.553. The van der Waals surface area contributed by atoms with Crippen LogP contribution in [0.3, 0.4) is 0 Å². The molecule has 0 fully saturated rings. The molecule has 200 valence electrons. The third kappa shape index (κ3) is 5.96. The Labute approximate surface area is 227 Å². The fourth-order valence-electron chi connectivity index (χ4n) is 4.92. The van der Waals surface area contributed by atoms with Crippen molar-refractivity contribution in [1.82, 2.24) is 30.1 Å². The lowest BCUT2D eigenvalue weighted by Crippen LogP contribution is -2.38. The fraction of sp³-hybridized carbons (Fsp3) is 0.290. The van der Waals surface area contributed by atoms with Gasteiger partial charge in [-0.3, -0.25) is 9.69 Å². The largest absolute Gasteiger partial charge is 0.322 e. The average Bonchev–Trinajstić information content (AvgIpc) is 3.40. The summed E-state index contributed by atoms with van der Waals surface area (Å²) < 4.78 is 15.6. The Morgan fingerprint density at radius 3 is 2.44 bits per heavy atom. The Bertz CT molecular complexity index is 1620.